The van der Waals surface area contributed by atoms with Gasteiger partial charge in [-0.25, -0.2) is 0 Å². The molecule has 1 aromatic rings. The molecule has 0 radical (unpaired) electrons. The number of rotatable bonds is 4. The van der Waals surface area contributed by atoms with Gasteiger partial charge >= 0.3 is 0 Å². The van der Waals surface area contributed by atoms with E-state index in [0.29, 0.717) is 19.8 Å². The number of amides is 1. The van der Waals surface area contributed by atoms with E-state index in [9.17, 15) is 4.79 Å². The molecule has 20 heavy (non-hydrogen) atoms. The van der Waals surface area contributed by atoms with Gasteiger partial charge in [-0.15, -0.1) is 12.4 Å². The van der Waals surface area contributed by atoms with Gasteiger partial charge in [-0.1, -0.05) is 6.07 Å². The van der Waals surface area contributed by atoms with Gasteiger partial charge in [-0.3, -0.25) is 4.79 Å². The van der Waals surface area contributed by atoms with Crippen LogP contribution in [-0.2, 0) is 11.2 Å². The molecule has 1 fully saturated rings. The smallest absolute Gasteiger partial charge is 0.225 e. The van der Waals surface area contributed by atoms with Gasteiger partial charge in [0.2, 0.25) is 5.91 Å². The van der Waals surface area contributed by atoms with E-state index in [1.807, 2.05) is 18.2 Å². The molecule has 0 aliphatic carbocycles. The lowest BCUT2D eigenvalue weighted by atomic mass is 10.0. The third-order valence-corrected chi connectivity index (χ3v) is 3.47. The molecule has 0 unspecified atom stereocenters. The standard InChI is InChI=1S/C14H18N2O3.ClH/c17-14(11-8-15-9-11)16-4-3-10-1-2-12-13(7-10)19-6-5-18-12;/h1-2,7,11,15H,3-6,8-9H2,(H,16,17);1H. The fourth-order valence-corrected chi connectivity index (χ4v) is 2.19. The van der Waals surface area contributed by atoms with Crippen LogP contribution >= 0.6 is 12.4 Å². The van der Waals surface area contributed by atoms with Crippen LogP contribution in [0.1, 0.15) is 5.56 Å². The first-order valence-electron chi connectivity index (χ1n) is 6.70. The van der Waals surface area contributed by atoms with Gasteiger partial charge in [0.05, 0.1) is 5.92 Å². The van der Waals surface area contributed by atoms with Gasteiger partial charge < -0.3 is 20.1 Å². The Kier molecular flexibility index (Phi) is 5.09. The summed E-state index contributed by atoms with van der Waals surface area (Å²) in [5.41, 5.74) is 1.15. The molecule has 2 aliphatic heterocycles. The Morgan fingerprint density at radius 2 is 2.00 bits per heavy atom. The van der Waals surface area contributed by atoms with E-state index in [-0.39, 0.29) is 24.2 Å². The van der Waals surface area contributed by atoms with Crippen molar-refractivity contribution in [3.8, 4) is 11.5 Å². The Morgan fingerprint density at radius 3 is 2.70 bits per heavy atom. The summed E-state index contributed by atoms with van der Waals surface area (Å²) in [6.07, 6.45) is 0.808. The maximum Gasteiger partial charge on any atom is 0.225 e. The Labute approximate surface area is 124 Å². The summed E-state index contributed by atoms with van der Waals surface area (Å²) in [5, 5.41) is 6.06. The Balaban J connectivity index is 0.00000147. The van der Waals surface area contributed by atoms with Crippen molar-refractivity contribution in [2.24, 2.45) is 5.92 Å². The molecule has 110 valence electrons. The van der Waals surface area contributed by atoms with Crippen molar-refractivity contribution in [2.45, 2.75) is 6.42 Å². The van der Waals surface area contributed by atoms with E-state index in [4.69, 9.17) is 9.47 Å². The SMILES string of the molecule is Cl.O=C(NCCc1ccc2c(c1)OCCO2)C1CNC1. The number of benzene rings is 1. The lowest BCUT2D eigenvalue weighted by Gasteiger charge is -2.25. The van der Waals surface area contributed by atoms with Gasteiger partial charge in [0.15, 0.2) is 11.5 Å². The van der Waals surface area contributed by atoms with Crippen LogP contribution in [0, 0.1) is 5.92 Å². The number of ether oxygens (including phenoxy) is 2. The average molecular weight is 299 g/mol. The highest BCUT2D eigenvalue weighted by atomic mass is 35.5. The molecule has 6 heteroatoms. The summed E-state index contributed by atoms with van der Waals surface area (Å²) < 4.78 is 11.0. The predicted octanol–water partition coefficient (Wildman–Crippen LogP) is 0.758. The van der Waals surface area contributed by atoms with E-state index in [1.165, 1.54) is 0 Å². The van der Waals surface area contributed by atoms with Gasteiger partial charge in [0, 0.05) is 19.6 Å². The molecule has 3 rings (SSSR count). The van der Waals surface area contributed by atoms with E-state index < -0.39 is 0 Å². The molecule has 0 atom stereocenters. The summed E-state index contributed by atoms with van der Waals surface area (Å²) in [6, 6.07) is 5.94. The highest BCUT2D eigenvalue weighted by molar-refractivity contribution is 5.85. The van der Waals surface area contributed by atoms with Crippen molar-refractivity contribution in [2.75, 3.05) is 32.8 Å². The van der Waals surface area contributed by atoms with Crippen molar-refractivity contribution in [1.29, 1.82) is 0 Å². The summed E-state index contributed by atoms with van der Waals surface area (Å²) in [7, 11) is 0. The van der Waals surface area contributed by atoms with Gasteiger partial charge in [0.25, 0.3) is 0 Å². The number of halogens is 1. The van der Waals surface area contributed by atoms with Crippen molar-refractivity contribution < 1.29 is 14.3 Å². The van der Waals surface area contributed by atoms with Crippen LogP contribution < -0.4 is 20.1 Å². The molecule has 1 amide bonds. The van der Waals surface area contributed by atoms with Crippen molar-refractivity contribution in [3.63, 3.8) is 0 Å². The minimum atomic E-state index is 0. The first kappa shape index (κ1) is 14.9. The van der Waals surface area contributed by atoms with E-state index in [1.54, 1.807) is 0 Å². The topological polar surface area (TPSA) is 59.6 Å². The van der Waals surface area contributed by atoms with E-state index in [2.05, 4.69) is 10.6 Å². The molecule has 0 saturated carbocycles. The lowest BCUT2D eigenvalue weighted by molar-refractivity contribution is -0.126. The summed E-state index contributed by atoms with van der Waals surface area (Å²) in [4.78, 5) is 11.7. The maximum absolute atomic E-state index is 11.7. The van der Waals surface area contributed by atoms with E-state index >= 15 is 0 Å². The molecule has 2 N–H and O–H groups in total. The van der Waals surface area contributed by atoms with E-state index in [0.717, 1.165) is 36.6 Å². The van der Waals surface area contributed by atoms with Crippen LogP contribution in [0.3, 0.4) is 0 Å². The monoisotopic (exact) mass is 298 g/mol. The van der Waals surface area contributed by atoms with Crippen molar-refractivity contribution in [3.05, 3.63) is 23.8 Å². The summed E-state index contributed by atoms with van der Waals surface area (Å²) in [5.74, 6) is 1.91. The second kappa shape index (κ2) is 6.81. The molecular formula is C14H19ClN2O3. The fourth-order valence-electron chi connectivity index (χ4n) is 2.19. The molecule has 1 aromatic carbocycles. The third-order valence-electron chi connectivity index (χ3n) is 3.47. The molecule has 2 aliphatic rings. The number of nitrogens with one attached hydrogen (secondary N) is 2. The average Bonchev–Trinajstić information content (AvgIpc) is 2.36. The highest BCUT2D eigenvalue weighted by Crippen LogP contribution is 2.30. The minimum Gasteiger partial charge on any atom is -0.486 e. The normalized spacial score (nSPS) is 16.8. The number of carbonyl (C=O) groups excluding carboxylic acids is 1. The van der Waals surface area contributed by atoms with Crippen LogP contribution in [0.2, 0.25) is 0 Å². The Bertz CT molecular complexity index is 477. The van der Waals surface area contributed by atoms with Gasteiger partial charge in [-0.2, -0.15) is 0 Å². The highest BCUT2D eigenvalue weighted by Gasteiger charge is 2.24. The van der Waals surface area contributed by atoms with Crippen molar-refractivity contribution >= 4 is 18.3 Å². The van der Waals surface area contributed by atoms with Gasteiger partial charge in [-0.05, 0) is 24.1 Å². The first-order valence-corrected chi connectivity index (χ1v) is 6.70. The fraction of sp³-hybridized carbons (Fsp3) is 0.500. The van der Waals surface area contributed by atoms with Crippen LogP contribution in [0.15, 0.2) is 18.2 Å². The van der Waals surface area contributed by atoms with Crippen LogP contribution in [0.4, 0.5) is 0 Å². The number of carbonyl (C=O) groups is 1. The molecule has 0 aromatic heterocycles. The number of hydrogen-bond donors (Lipinski definition) is 2. The Hall–Kier alpha value is -1.46. The summed E-state index contributed by atoms with van der Waals surface area (Å²) in [6.45, 7) is 3.47. The first-order chi connectivity index (χ1) is 9.33. The summed E-state index contributed by atoms with van der Waals surface area (Å²) >= 11 is 0. The largest absolute Gasteiger partial charge is 0.486 e. The second-order valence-electron chi connectivity index (χ2n) is 4.87. The number of hydrogen-bond acceptors (Lipinski definition) is 4. The zero-order valence-electron chi connectivity index (χ0n) is 11.2. The molecule has 1 saturated heterocycles. The maximum atomic E-state index is 11.7. The quantitative estimate of drug-likeness (QED) is 0.861. The molecule has 0 spiro atoms. The minimum absolute atomic E-state index is 0. The van der Waals surface area contributed by atoms with Crippen LogP contribution in [-0.4, -0.2) is 38.8 Å². The predicted molar refractivity (Wildman–Crippen MR) is 77.8 cm³/mol. The molecular weight excluding hydrogens is 280 g/mol. The van der Waals surface area contributed by atoms with Crippen LogP contribution in [0.5, 0.6) is 11.5 Å². The number of fused-ring (bicyclic) bond motifs is 1. The Morgan fingerprint density at radius 1 is 1.25 bits per heavy atom. The van der Waals surface area contributed by atoms with Gasteiger partial charge in [0.1, 0.15) is 13.2 Å². The lowest BCUT2D eigenvalue weighted by Crippen LogP contribution is -2.51. The third kappa shape index (κ3) is 3.35. The van der Waals surface area contributed by atoms with Crippen molar-refractivity contribution in [1.82, 2.24) is 10.6 Å². The molecule has 0 bridgehead atoms. The second-order valence-corrected chi connectivity index (χ2v) is 4.87. The zero-order valence-corrected chi connectivity index (χ0v) is 12.0. The molecule has 5 nitrogen and oxygen atoms in total. The van der Waals surface area contributed by atoms with Crippen LogP contribution in [0.25, 0.3) is 0 Å². The zero-order chi connectivity index (χ0) is 13.1. The molecule has 2 heterocycles.